The zero-order valence-electron chi connectivity index (χ0n) is 7.10. The fourth-order valence-corrected chi connectivity index (χ4v) is 3.53. The van der Waals surface area contributed by atoms with Gasteiger partial charge in [-0.1, -0.05) is 12.1 Å². The number of hydrogen-bond acceptors (Lipinski definition) is 1. The summed E-state index contributed by atoms with van der Waals surface area (Å²) in [5.41, 5.74) is 1.27. The Hall–Kier alpha value is -0.0500. The third-order valence-electron chi connectivity index (χ3n) is 2.11. The van der Waals surface area contributed by atoms with E-state index in [4.69, 9.17) is 11.6 Å². The number of hydrogen-bond donors (Lipinski definition) is 0. The molecule has 3 heteroatoms. The molecule has 0 aliphatic heterocycles. The first-order valence-electron chi connectivity index (χ1n) is 3.96. The fraction of sp³-hybridized carbons (Fsp3) is 0.200. The highest BCUT2D eigenvalue weighted by molar-refractivity contribution is 9.10. The van der Waals surface area contributed by atoms with Crippen molar-refractivity contribution in [2.45, 2.75) is 12.8 Å². The van der Waals surface area contributed by atoms with Crippen LogP contribution in [0.25, 0.3) is 10.1 Å². The molecule has 0 fully saturated rings. The molecule has 1 heterocycles. The second-order valence-corrected chi connectivity index (χ2v) is 5.23. The second-order valence-electron chi connectivity index (χ2n) is 2.89. The molecular formula is C10H8BrClS. The van der Waals surface area contributed by atoms with Crippen molar-refractivity contribution in [3.63, 3.8) is 0 Å². The van der Waals surface area contributed by atoms with Gasteiger partial charge in [-0.05, 0) is 39.9 Å². The number of fused-ring (bicyclic) bond motifs is 1. The van der Waals surface area contributed by atoms with Gasteiger partial charge >= 0.3 is 0 Å². The molecule has 0 atom stereocenters. The lowest BCUT2D eigenvalue weighted by Crippen LogP contribution is -1.76. The van der Waals surface area contributed by atoms with Crippen LogP contribution in [0.5, 0.6) is 0 Å². The summed E-state index contributed by atoms with van der Waals surface area (Å²) in [6, 6.07) is 6.24. The smallest absolute Gasteiger partial charge is 0.0491 e. The first kappa shape index (κ1) is 9.50. The molecule has 1 aromatic carbocycles. The third kappa shape index (κ3) is 1.51. The Labute approximate surface area is 94.7 Å². The van der Waals surface area contributed by atoms with Gasteiger partial charge in [0.05, 0.1) is 0 Å². The van der Waals surface area contributed by atoms with Crippen LogP contribution in [-0.4, -0.2) is 0 Å². The van der Waals surface area contributed by atoms with Crippen molar-refractivity contribution < 1.29 is 0 Å². The van der Waals surface area contributed by atoms with Crippen LogP contribution >= 0.6 is 38.9 Å². The maximum Gasteiger partial charge on any atom is 0.0491 e. The van der Waals surface area contributed by atoms with E-state index in [0.717, 1.165) is 4.47 Å². The van der Waals surface area contributed by atoms with Crippen molar-refractivity contribution in [3.05, 3.63) is 33.1 Å². The molecule has 0 unspecified atom stereocenters. The van der Waals surface area contributed by atoms with E-state index >= 15 is 0 Å². The van der Waals surface area contributed by atoms with Crippen molar-refractivity contribution in [3.8, 4) is 0 Å². The van der Waals surface area contributed by atoms with Crippen molar-refractivity contribution in [1.82, 2.24) is 0 Å². The third-order valence-corrected chi connectivity index (χ3v) is 4.49. The lowest BCUT2D eigenvalue weighted by molar-refractivity contribution is 1.41. The minimum absolute atomic E-state index is 0.599. The van der Waals surface area contributed by atoms with Gasteiger partial charge < -0.3 is 0 Å². The summed E-state index contributed by atoms with van der Waals surface area (Å²) < 4.78 is 2.46. The number of benzene rings is 1. The van der Waals surface area contributed by atoms with Gasteiger partial charge in [-0.2, -0.15) is 0 Å². The average molecular weight is 276 g/mol. The molecule has 0 saturated carbocycles. The zero-order chi connectivity index (χ0) is 9.42. The highest BCUT2D eigenvalue weighted by Gasteiger charge is 2.09. The molecule has 0 N–H and O–H groups in total. The zero-order valence-corrected chi connectivity index (χ0v) is 10.3. The van der Waals surface area contributed by atoms with Crippen LogP contribution in [0.4, 0.5) is 0 Å². The largest absolute Gasteiger partial charge is 0.139 e. The van der Waals surface area contributed by atoms with Crippen LogP contribution < -0.4 is 0 Å². The van der Waals surface area contributed by atoms with E-state index in [-0.39, 0.29) is 0 Å². The summed E-state index contributed by atoms with van der Waals surface area (Å²) in [4.78, 5) is 1.32. The molecule has 0 aliphatic rings. The summed E-state index contributed by atoms with van der Waals surface area (Å²) in [6.45, 7) is 2.12. The van der Waals surface area contributed by atoms with Crippen LogP contribution in [0.1, 0.15) is 10.4 Å². The number of rotatable bonds is 1. The van der Waals surface area contributed by atoms with Gasteiger partial charge in [0.2, 0.25) is 0 Å². The molecule has 1 aromatic heterocycles. The predicted octanol–water partition coefficient (Wildman–Crippen LogP) is 4.71. The summed E-state index contributed by atoms with van der Waals surface area (Å²) in [5.74, 6) is 0.599. The molecule has 0 spiro atoms. The Balaban J connectivity index is 2.86. The molecule has 0 radical (unpaired) electrons. The normalized spacial score (nSPS) is 11.0. The summed E-state index contributed by atoms with van der Waals surface area (Å²) in [5, 5.41) is 1.28. The summed E-state index contributed by atoms with van der Waals surface area (Å²) in [7, 11) is 0. The monoisotopic (exact) mass is 274 g/mol. The quantitative estimate of drug-likeness (QED) is 0.661. The second kappa shape index (κ2) is 3.60. The molecule has 2 rings (SSSR count). The highest BCUT2D eigenvalue weighted by atomic mass is 79.9. The Morgan fingerprint density at radius 2 is 2.23 bits per heavy atom. The Kier molecular flexibility index (Phi) is 2.63. The molecule has 0 bridgehead atoms. The Bertz CT molecular complexity index is 447. The highest BCUT2D eigenvalue weighted by Crippen LogP contribution is 2.36. The van der Waals surface area contributed by atoms with E-state index in [2.05, 4.69) is 41.1 Å². The molecule has 0 saturated heterocycles. The molecule has 0 aliphatic carbocycles. The standard InChI is InChI=1S/C10H8BrClS/c1-6-8(5-12)7-3-2-4-9(11)10(7)13-6/h2-4H,5H2,1H3. The predicted molar refractivity (Wildman–Crippen MR) is 63.8 cm³/mol. The minimum atomic E-state index is 0.599. The van der Waals surface area contributed by atoms with Gasteiger partial charge in [0.1, 0.15) is 0 Å². The Morgan fingerprint density at radius 1 is 1.46 bits per heavy atom. The summed E-state index contributed by atoms with van der Waals surface area (Å²) in [6.07, 6.45) is 0. The minimum Gasteiger partial charge on any atom is -0.139 e. The number of thiophene rings is 1. The molecule has 0 amide bonds. The van der Waals surface area contributed by atoms with Crippen molar-refractivity contribution in [1.29, 1.82) is 0 Å². The molecule has 68 valence electrons. The first-order valence-corrected chi connectivity index (χ1v) is 6.11. The summed E-state index contributed by atoms with van der Waals surface area (Å²) >= 11 is 11.2. The van der Waals surface area contributed by atoms with E-state index in [1.807, 2.05) is 0 Å². The van der Waals surface area contributed by atoms with Crippen LogP contribution in [0.15, 0.2) is 22.7 Å². The first-order chi connectivity index (χ1) is 6.24. The molecular weight excluding hydrogens is 268 g/mol. The van der Waals surface area contributed by atoms with E-state index in [0.29, 0.717) is 5.88 Å². The Morgan fingerprint density at radius 3 is 2.92 bits per heavy atom. The SMILES string of the molecule is Cc1sc2c(Br)cccc2c1CCl. The van der Waals surface area contributed by atoms with Crippen LogP contribution in [0.3, 0.4) is 0 Å². The van der Waals surface area contributed by atoms with Crippen molar-refractivity contribution >= 4 is 49.0 Å². The van der Waals surface area contributed by atoms with Gasteiger partial charge in [0.25, 0.3) is 0 Å². The van der Waals surface area contributed by atoms with Gasteiger partial charge in [-0.25, -0.2) is 0 Å². The average Bonchev–Trinajstić information content (AvgIpc) is 2.43. The maximum absolute atomic E-state index is 5.90. The maximum atomic E-state index is 5.90. The van der Waals surface area contributed by atoms with Gasteiger partial charge in [0, 0.05) is 19.9 Å². The van der Waals surface area contributed by atoms with Gasteiger partial charge in [-0.15, -0.1) is 22.9 Å². The number of halogens is 2. The molecule has 13 heavy (non-hydrogen) atoms. The lowest BCUT2D eigenvalue weighted by atomic mass is 10.1. The fourth-order valence-electron chi connectivity index (χ4n) is 1.42. The van der Waals surface area contributed by atoms with Crippen molar-refractivity contribution in [2.75, 3.05) is 0 Å². The molecule has 2 aromatic rings. The van der Waals surface area contributed by atoms with Crippen LogP contribution in [-0.2, 0) is 5.88 Å². The molecule has 0 nitrogen and oxygen atoms in total. The van der Waals surface area contributed by atoms with Crippen LogP contribution in [0.2, 0.25) is 0 Å². The van der Waals surface area contributed by atoms with E-state index in [9.17, 15) is 0 Å². The number of aryl methyl sites for hydroxylation is 1. The topological polar surface area (TPSA) is 0 Å². The number of alkyl halides is 1. The van der Waals surface area contributed by atoms with E-state index < -0.39 is 0 Å². The van der Waals surface area contributed by atoms with Gasteiger partial charge in [0.15, 0.2) is 0 Å². The van der Waals surface area contributed by atoms with E-state index in [1.165, 1.54) is 20.5 Å². The van der Waals surface area contributed by atoms with E-state index in [1.54, 1.807) is 11.3 Å². The van der Waals surface area contributed by atoms with Crippen LogP contribution in [0, 0.1) is 6.92 Å². The van der Waals surface area contributed by atoms with Gasteiger partial charge in [-0.3, -0.25) is 0 Å². The lowest BCUT2D eigenvalue weighted by Gasteiger charge is -1.95. The van der Waals surface area contributed by atoms with Crippen molar-refractivity contribution in [2.24, 2.45) is 0 Å².